The Bertz CT molecular complexity index is 1970. The van der Waals surface area contributed by atoms with Crippen molar-refractivity contribution >= 4 is 23.4 Å². The number of esters is 1. The average Bonchev–Trinajstić information content (AvgIpc) is 3.37. The monoisotopic (exact) mass is 1040 g/mol. The molecule has 5 heterocycles. The van der Waals surface area contributed by atoms with E-state index in [-0.39, 0.29) is 72.4 Å². The van der Waals surface area contributed by atoms with Gasteiger partial charge in [0.05, 0.1) is 58.5 Å². The van der Waals surface area contributed by atoms with Gasteiger partial charge >= 0.3 is 5.97 Å². The molecule has 74 heavy (non-hydrogen) atoms. The predicted molar refractivity (Wildman–Crippen MR) is 278 cm³/mol. The van der Waals surface area contributed by atoms with Gasteiger partial charge in [-0.15, -0.1) is 0 Å². The summed E-state index contributed by atoms with van der Waals surface area (Å²) in [6, 6.07) is -1.00. The van der Waals surface area contributed by atoms with Gasteiger partial charge in [-0.05, 0) is 94.1 Å². The number of aliphatic hydroxyl groups is 2. The van der Waals surface area contributed by atoms with Crippen LogP contribution in [0.15, 0.2) is 47.6 Å². The second kappa shape index (κ2) is 28.5. The van der Waals surface area contributed by atoms with E-state index in [1.54, 1.807) is 21.0 Å². The van der Waals surface area contributed by atoms with Crippen LogP contribution in [0.2, 0.25) is 0 Å². The van der Waals surface area contributed by atoms with Gasteiger partial charge in [0.15, 0.2) is 5.78 Å². The smallest absolute Gasteiger partial charge is 0.329 e. The lowest BCUT2D eigenvalue weighted by Gasteiger charge is -2.57. The Morgan fingerprint density at radius 3 is 2.16 bits per heavy atom. The molecule has 1 amide bonds. The van der Waals surface area contributed by atoms with Crippen LogP contribution < -0.4 is 0 Å². The number of fused-ring (bicyclic) bond motifs is 3. The number of hydrogen-bond acceptors (Lipinski definition) is 15. The van der Waals surface area contributed by atoms with E-state index in [1.807, 2.05) is 51.2 Å². The zero-order valence-corrected chi connectivity index (χ0v) is 46.0. The molecule has 2 N–H and O–H groups in total. The number of allylic oxidation sites excluding steroid dienone is 6. The SMILES string of the molecule is CO[C@H]1CCC[C@@H](C[C@H]2C3CCCN4C(=O)C5(O)CO[C@@]5(O)[C@H](C)CCCCC(OCCOCCOC5COC5)/C(C)=C/C=C/C=C/[C@@H](C)C[C@@H](C)C(=O)[C@H](OC)[C@H](OC)/C(C)=C/[C@@H](C)C(=O)C[C@@H]2OC(=O)[C@H]34)C1. The lowest BCUT2D eigenvalue weighted by Crippen LogP contribution is -2.79. The fourth-order valence-electron chi connectivity index (χ4n) is 12.4. The van der Waals surface area contributed by atoms with Crippen LogP contribution in [0.5, 0.6) is 0 Å². The van der Waals surface area contributed by atoms with Crippen LogP contribution in [0.3, 0.4) is 0 Å². The molecule has 0 radical (unpaired) electrons. The predicted octanol–water partition coefficient (Wildman–Crippen LogP) is 7.07. The van der Waals surface area contributed by atoms with E-state index in [4.69, 9.17) is 42.6 Å². The second-order valence-corrected chi connectivity index (χ2v) is 22.4. The fraction of sp³-hybridized carbons (Fsp3) is 0.793. The number of amides is 1. The summed E-state index contributed by atoms with van der Waals surface area (Å²) < 4.78 is 52.8. The van der Waals surface area contributed by atoms with Crippen molar-refractivity contribution in [3.8, 4) is 0 Å². The zero-order valence-electron chi connectivity index (χ0n) is 46.0. The van der Waals surface area contributed by atoms with Crippen LogP contribution in [0.25, 0.3) is 0 Å². The van der Waals surface area contributed by atoms with Crippen molar-refractivity contribution in [2.45, 2.75) is 179 Å². The van der Waals surface area contributed by atoms with Crippen molar-refractivity contribution < 1.29 is 72.0 Å². The summed E-state index contributed by atoms with van der Waals surface area (Å²) in [5, 5.41) is 24.3. The average molecular weight is 1040 g/mol. The van der Waals surface area contributed by atoms with E-state index in [0.717, 1.165) is 37.7 Å². The van der Waals surface area contributed by atoms with Crippen LogP contribution in [-0.2, 0) is 61.8 Å². The topological polar surface area (TPSA) is 195 Å². The van der Waals surface area contributed by atoms with Crippen LogP contribution >= 0.6 is 0 Å². The molecular weight excluding hydrogens is 951 g/mol. The molecule has 0 aromatic heterocycles. The third-order valence-electron chi connectivity index (χ3n) is 17.0. The highest BCUT2D eigenvalue weighted by Crippen LogP contribution is 2.48. The second-order valence-electron chi connectivity index (χ2n) is 22.4. The minimum absolute atomic E-state index is 0.0280. The fourth-order valence-corrected chi connectivity index (χ4v) is 12.4. The molecule has 16 nitrogen and oxygen atoms in total. The van der Waals surface area contributed by atoms with Gasteiger partial charge in [0, 0.05) is 58.0 Å². The van der Waals surface area contributed by atoms with Gasteiger partial charge in [0.1, 0.15) is 36.2 Å². The molecule has 2 bridgehead atoms. The molecule has 16 heteroatoms. The largest absolute Gasteiger partial charge is 0.460 e. The molecule has 0 aromatic carbocycles. The number of methoxy groups -OCH3 is 3. The Balaban J connectivity index is 1.25. The zero-order chi connectivity index (χ0) is 53.6. The highest BCUT2D eigenvalue weighted by atomic mass is 16.7. The molecule has 15 atom stereocenters. The van der Waals surface area contributed by atoms with E-state index in [9.17, 15) is 29.4 Å². The Morgan fingerprint density at radius 2 is 1.49 bits per heavy atom. The highest BCUT2D eigenvalue weighted by Gasteiger charge is 2.69. The van der Waals surface area contributed by atoms with Gasteiger partial charge in [-0.1, -0.05) is 89.8 Å². The quantitative estimate of drug-likeness (QED) is 0.108. The van der Waals surface area contributed by atoms with Crippen molar-refractivity contribution in [3.05, 3.63) is 47.6 Å². The number of rotatable bonds is 13. The number of piperidine rings is 1. The lowest BCUT2D eigenvalue weighted by atomic mass is 9.67. The molecule has 1 aliphatic carbocycles. The van der Waals surface area contributed by atoms with Crippen molar-refractivity contribution in [3.63, 3.8) is 0 Å². The summed E-state index contributed by atoms with van der Waals surface area (Å²) in [5.41, 5.74) is -0.581. The molecular formula is C58H91NO15. The van der Waals surface area contributed by atoms with E-state index in [1.165, 1.54) is 19.1 Å². The van der Waals surface area contributed by atoms with E-state index in [0.29, 0.717) is 90.2 Å². The van der Waals surface area contributed by atoms with Crippen LogP contribution in [0.4, 0.5) is 0 Å². The number of carbonyl (C=O) groups excluding carboxylic acids is 4. The number of carbonyl (C=O) groups is 4. The first kappa shape index (κ1) is 60.1. The van der Waals surface area contributed by atoms with Crippen LogP contribution in [-0.4, -0.2) is 167 Å². The molecule has 5 aliphatic heterocycles. The third-order valence-corrected chi connectivity index (χ3v) is 17.0. The number of ether oxygens (including phenoxy) is 9. The van der Waals surface area contributed by atoms with Gasteiger partial charge < -0.3 is 57.7 Å². The first-order valence-corrected chi connectivity index (χ1v) is 27.8. The molecule has 418 valence electrons. The lowest BCUT2D eigenvalue weighted by molar-refractivity contribution is -0.403. The number of hydrogen-bond donors (Lipinski definition) is 2. The molecule has 3 unspecified atom stereocenters. The normalized spacial score (nSPS) is 40.3. The van der Waals surface area contributed by atoms with Gasteiger partial charge in [-0.2, -0.15) is 0 Å². The highest BCUT2D eigenvalue weighted by molar-refractivity contribution is 5.92. The van der Waals surface area contributed by atoms with Crippen molar-refractivity contribution in [1.82, 2.24) is 4.90 Å². The first-order valence-electron chi connectivity index (χ1n) is 27.8. The maximum atomic E-state index is 14.8. The molecule has 0 spiro atoms. The molecule has 6 rings (SSSR count). The van der Waals surface area contributed by atoms with E-state index in [2.05, 4.69) is 13.0 Å². The van der Waals surface area contributed by atoms with Gasteiger partial charge in [0.2, 0.25) is 11.4 Å². The van der Waals surface area contributed by atoms with Gasteiger partial charge in [-0.3, -0.25) is 14.4 Å². The van der Waals surface area contributed by atoms with Crippen molar-refractivity contribution in [2.75, 3.05) is 74.1 Å². The third kappa shape index (κ3) is 14.9. The minimum atomic E-state index is -2.28. The molecule has 5 fully saturated rings. The van der Waals surface area contributed by atoms with Crippen molar-refractivity contribution in [2.24, 2.45) is 41.4 Å². The summed E-state index contributed by atoms with van der Waals surface area (Å²) in [6.45, 7) is 14.2. The summed E-state index contributed by atoms with van der Waals surface area (Å²) in [6.07, 6.45) is 18.2. The maximum Gasteiger partial charge on any atom is 0.329 e. The summed E-state index contributed by atoms with van der Waals surface area (Å²) >= 11 is 0. The Morgan fingerprint density at radius 1 is 0.757 bits per heavy atom. The number of Topliss-reactive ketones (excluding diaryl/α,β-unsaturated/α-hetero) is 2. The Kier molecular flexibility index (Phi) is 23.1. The summed E-state index contributed by atoms with van der Waals surface area (Å²) in [5.74, 6) is -5.60. The van der Waals surface area contributed by atoms with Gasteiger partial charge in [0.25, 0.3) is 5.91 Å². The standard InChI is InChI=1S/C58H91NO15/c1-37-17-11-10-12-18-38(2)49(72-28-26-69-25-27-71-45-34-70-35-45)23-14-13-19-42(6)58(65)57(64,36-73-58)56(63)59-24-16-22-46-47(32-43-20-15-21-44(31-43)66-7)50(74-55(62)51(46)59)33-48(60)39(3)30-41(5)53(67-8)54(68-9)52(61)40(4)29-37/h10-12,17-18,30,37,39-40,42-47,49-51,53-54,64-65H,13-16,19-29,31-36H2,1-9H3/b12-10+,17-11+,38-18+,41-30+/t37-,39-,40-,42-,43-,44+,46?,47+,49?,50+,51+,53-,54+,57?,58+/m1/s1. The minimum Gasteiger partial charge on any atom is -0.460 e. The Labute approximate surface area is 441 Å². The van der Waals surface area contributed by atoms with E-state index < -0.39 is 66.1 Å². The van der Waals surface area contributed by atoms with Crippen molar-refractivity contribution in [1.29, 1.82) is 0 Å². The maximum absolute atomic E-state index is 14.8. The summed E-state index contributed by atoms with van der Waals surface area (Å²) in [7, 11) is 4.77. The molecule has 4 saturated heterocycles. The number of nitrogens with zero attached hydrogens (tertiary/aromatic N) is 1. The van der Waals surface area contributed by atoms with E-state index >= 15 is 0 Å². The first-order chi connectivity index (χ1) is 35.5. The molecule has 0 aromatic rings. The van der Waals surface area contributed by atoms with Gasteiger partial charge in [-0.25, -0.2) is 4.79 Å². The van der Waals surface area contributed by atoms with Crippen LogP contribution in [0, 0.1) is 41.4 Å². The van der Waals surface area contributed by atoms with Crippen LogP contribution in [0.1, 0.15) is 125 Å². The summed E-state index contributed by atoms with van der Waals surface area (Å²) in [4.78, 5) is 59.1. The number of ketones is 2. The Hall–Kier alpha value is -3.16. The molecule has 6 aliphatic rings. The molecule has 1 saturated carbocycles.